The molecule has 1 aliphatic rings. The van der Waals surface area contributed by atoms with Crippen LogP contribution in [0.3, 0.4) is 0 Å². The molecule has 0 aliphatic carbocycles. The zero-order valence-electron chi connectivity index (χ0n) is 12.1. The molecule has 1 N–H and O–H groups in total. The number of nitrogens with one attached hydrogen (secondary N) is 1. The minimum atomic E-state index is -0.332. The van der Waals surface area contributed by atoms with Crippen LogP contribution in [0.25, 0.3) is 0 Å². The number of H-pyrrole nitrogens is 1. The molecule has 1 fully saturated rings. The zero-order chi connectivity index (χ0) is 15.4. The van der Waals surface area contributed by atoms with E-state index in [1.807, 2.05) is 30.3 Å². The molecule has 1 atom stereocenters. The van der Waals surface area contributed by atoms with E-state index in [0.29, 0.717) is 6.54 Å². The molecule has 1 amide bonds. The van der Waals surface area contributed by atoms with E-state index in [1.54, 1.807) is 4.90 Å². The highest BCUT2D eigenvalue weighted by atomic mass is 16.5. The van der Waals surface area contributed by atoms with Gasteiger partial charge < -0.3 is 9.64 Å². The van der Waals surface area contributed by atoms with Crippen LogP contribution in [0.2, 0.25) is 0 Å². The van der Waals surface area contributed by atoms with Crippen LogP contribution in [-0.2, 0) is 4.74 Å². The number of rotatable bonds is 4. The molecule has 0 spiro atoms. The Bertz CT molecular complexity index is 673. The number of hydrogen-bond acceptors (Lipinski definition) is 4. The summed E-state index contributed by atoms with van der Waals surface area (Å²) in [5, 5.41) is 6.13. The lowest BCUT2D eigenvalue weighted by molar-refractivity contribution is 0.0912. The second-order valence-corrected chi connectivity index (χ2v) is 5.19. The molecule has 0 bridgehead atoms. The largest absolute Gasteiger partial charge is 0.376 e. The maximum atomic E-state index is 12.7. The Hall–Kier alpha value is -2.47. The van der Waals surface area contributed by atoms with Gasteiger partial charge in [-0.2, -0.15) is 5.10 Å². The van der Waals surface area contributed by atoms with Crippen LogP contribution in [-0.4, -0.2) is 35.4 Å². The number of para-hydroxylation sites is 1. The van der Waals surface area contributed by atoms with Gasteiger partial charge in [0.2, 0.25) is 0 Å². The van der Waals surface area contributed by atoms with Crippen LogP contribution in [0.15, 0.2) is 47.3 Å². The Labute approximate surface area is 127 Å². The van der Waals surface area contributed by atoms with Gasteiger partial charge in [-0.1, -0.05) is 18.2 Å². The fourth-order valence-electron chi connectivity index (χ4n) is 2.51. The van der Waals surface area contributed by atoms with E-state index in [-0.39, 0.29) is 23.3 Å². The smallest absolute Gasteiger partial charge is 0.278 e. The van der Waals surface area contributed by atoms with Crippen molar-refractivity contribution in [2.45, 2.75) is 18.9 Å². The third-order valence-electron chi connectivity index (χ3n) is 3.62. The van der Waals surface area contributed by atoms with E-state index < -0.39 is 0 Å². The lowest BCUT2D eigenvalue weighted by atomic mass is 10.2. The molecule has 3 rings (SSSR count). The topological polar surface area (TPSA) is 75.3 Å². The molecular formula is C16H17N3O3. The van der Waals surface area contributed by atoms with Crippen molar-refractivity contribution >= 4 is 11.6 Å². The minimum Gasteiger partial charge on any atom is -0.376 e. The number of nitrogens with zero attached hydrogens (tertiary/aromatic N) is 2. The predicted octanol–water partition coefficient (Wildman–Crippen LogP) is 1.60. The fourth-order valence-corrected chi connectivity index (χ4v) is 2.51. The van der Waals surface area contributed by atoms with Gasteiger partial charge in [-0.05, 0) is 31.0 Å². The van der Waals surface area contributed by atoms with Gasteiger partial charge in [-0.3, -0.25) is 9.59 Å². The molecule has 1 unspecified atom stereocenters. The third kappa shape index (κ3) is 3.23. The molecule has 6 heteroatoms. The molecule has 2 heterocycles. The molecule has 22 heavy (non-hydrogen) atoms. The molecule has 6 nitrogen and oxygen atoms in total. The van der Waals surface area contributed by atoms with Gasteiger partial charge in [0.15, 0.2) is 0 Å². The molecule has 2 aromatic rings. The summed E-state index contributed by atoms with van der Waals surface area (Å²) in [7, 11) is 0. The molecule has 1 aromatic carbocycles. The Morgan fingerprint density at radius 1 is 1.27 bits per heavy atom. The molecule has 114 valence electrons. The maximum Gasteiger partial charge on any atom is 0.278 e. The van der Waals surface area contributed by atoms with E-state index in [1.165, 1.54) is 12.1 Å². The van der Waals surface area contributed by atoms with Gasteiger partial charge in [0.1, 0.15) is 5.69 Å². The van der Waals surface area contributed by atoms with Crippen molar-refractivity contribution in [3.8, 4) is 0 Å². The standard InChI is InChI=1S/C16H17N3O3/c20-15-9-8-14(17-18-15)16(21)19(11-13-7-4-10-22-13)12-5-2-1-3-6-12/h1-3,5-6,8-9,13H,4,7,10-11H2,(H,18,20). The second kappa shape index (κ2) is 6.53. The number of aromatic amines is 1. The van der Waals surface area contributed by atoms with E-state index in [2.05, 4.69) is 10.2 Å². The van der Waals surface area contributed by atoms with Gasteiger partial charge in [0.25, 0.3) is 11.5 Å². The molecule has 0 radical (unpaired) electrons. The molecule has 1 aromatic heterocycles. The van der Waals surface area contributed by atoms with Gasteiger partial charge in [-0.25, -0.2) is 5.10 Å². The van der Waals surface area contributed by atoms with Crippen molar-refractivity contribution < 1.29 is 9.53 Å². The number of aromatic nitrogens is 2. The second-order valence-electron chi connectivity index (χ2n) is 5.19. The number of hydrogen-bond donors (Lipinski definition) is 1. The Balaban J connectivity index is 1.88. The number of amides is 1. The summed E-state index contributed by atoms with van der Waals surface area (Å²) in [4.78, 5) is 25.5. The molecule has 1 saturated heterocycles. The van der Waals surface area contributed by atoms with Crippen LogP contribution in [0.4, 0.5) is 5.69 Å². The van der Waals surface area contributed by atoms with E-state index in [9.17, 15) is 9.59 Å². The van der Waals surface area contributed by atoms with Crippen LogP contribution < -0.4 is 10.5 Å². The van der Waals surface area contributed by atoms with Gasteiger partial charge in [0, 0.05) is 18.4 Å². The molecule has 0 saturated carbocycles. The van der Waals surface area contributed by atoms with Crippen molar-refractivity contribution in [3.63, 3.8) is 0 Å². The summed E-state index contributed by atoms with van der Waals surface area (Å²) < 4.78 is 5.64. The highest BCUT2D eigenvalue weighted by molar-refractivity contribution is 6.04. The number of benzene rings is 1. The maximum absolute atomic E-state index is 12.7. The van der Waals surface area contributed by atoms with Crippen molar-refractivity contribution in [2.24, 2.45) is 0 Å². The summed E-state index contributed by atoms with van der Waals surface area (Å²) in [6.45, 7) is 1.21. The third-order valence-corrected chi connectivity index (χ3v) is 3.62. The van der Waals surface area contributed by atoms with Crippen LogP contribution in [0.5, 0.6) is 0 Å². The number of anilines is 1. The van der Waals surface area contributed by atoms with Crippen LogP contribution in [0.1, 0.15) is 23.3 Å². The summed E-state index contributed by atoms with van der Waals surface area (Å²) in [5.74, 6) is -0.252. The lowest BCUT2D eigenvalue weighted by Gasteiger charge is -2.25. The SMILES string of the molecule is O=C(c1ccc(=O)[nH]n1)N(CC1CCCO1)c1ccccc1. The summed E-state index contributed by atoms with van der Waals surface area (Å²) >= 11 is 0. The first-order valence-electron chi connectivity index (χ1n) is 7.28. The average Bonchev–Trinajstić information content (AvgIpc) is 3.07. The minimum absolute atomic E-state index is 0.0342. The number of carbonyl (C=O) groups is 1. The van der Waals surface area contributed by atoms with Crippen LogP contribution in [0, 0.1) is 0 Å². The number of carbonyl (C=O) groups excluding carboxylic acids is 1. The van der Waals surface area contributed by atoms with Crippen molar-refractivity contribution in [3.05, 3.63) is 58.5 Å². The van der Waals surface area contributed by atoms with E-state index in [4.69, 9.17) is 4.74 Å². The first-order valence-corrected chi connectivity index (χ1v) is 7.28. The number of ether oxygens (including phenoxy) is 1. The summed E-state index contributed by atoms with van der Waals surface area (Å²) in [6, 6.07) is 12.1. The van der Waals surface area contributed by atoms with Crippen molar-refractivity contribution in [1.82, 2.24) is 10.2 Å². The van der Waals surface area contributed by atoms with E-state index >= 15 is 0 Å². The van der Waals surface area contributed by atoms with Gasteiger partial charge in [-0.15, -0.1) is 0 Å². The highest BCUT2D eigenvalue weighted by Crippen LogP contribution is 2.20. The van der Waals surface area contributed by atoms with Crippen molar-refractivity contribution in [1.29, 1.82) is 0 Å². The highest BCUT2D eigenvalue weighted by Gasteiger charge is 2.25. The monoisotopic (exact) mass is 299 g/mol. The predicted molar refractivity (Wildman–Crippen MR) is 82.0 cm³/mol. The lowest BCUT2D eigenvalue weighted by Crippen LogP contribution is -2.38. The Morgan fingerprint density at radius 3 is 2.73 bits per heavy atom. The molecule has 1 aliphatic heterocycles. The Kier molecular flexibility index (Phi) is 4.29. The average molecular weight is 299 g/mol. The van der Waals surface area contributed by atoms with Gasteiger partial charge in [0.05, 0.1) is 12.6 Å². The Morgan fingerprint density at radius 2 is 2.09 bits per heavy atom. The quantitative estimate of drug-likeness (QED) is 0.930. The van der Waals surface area contributed by atoms with Crippen molar-refractivity contribution in [2.75, 3.05) is 18.1 Å². The summed E-state index contributed by atoms with van der Waals surface area (Å²) in [5.41, 5.74) is 0.666. The molecular weight excluding hydrogens is 282 g/mol. The zero-order valence-corrected chi connectivity index (χ0v) is 12.1. The normalized spacial score (nSPS) is 17.4. The first-order chi connectivity index (χ1) is 10.7. The van der Waals surface area contributed by atoms with E-state index in [0.717, 1.165) is 25.1 Å². The summed E-state index contributed by atoms with van der Waals surface area (Å²) in [6.07, 6.45) is 1.99. The fraction of sp³-hybridized carbons (Fsp3) is 0.312. The van der Waals surface area contributed by atoms with Gasteiger partial charge >= 0.3 is 0 Å². The van der Waals surface area contributed by atoms with Crippen LogP contribution >= 0.6 is 0 Å². The first kappa shape index (κ1) is 14.5.